The molecule has 2 aromatic heterocycles. The standard InChI is InChI=1S/C12H15ClN6O/c1-19-9(3-5-17-19)2-4-15-12(20)8-6-10(13)11(18-14)16-7-8/h3,5-7H,2,4,14H2,1H3,(H,15,20)(H,16,18). The second-order valence-electron chi connectivity index (χ2n) is 4.15. The molecule has 0 saturated carbocycles. The van der Waals surface area contributed by atoms with Crippen molar-refractivity contribution in [1.82, 2.24) is 20.1 Å². The van der Waals surface area contributed by atoms with Crippen LogP contribution in [0.15, 0.2) is 24.5 Å². The summed E-state index contributed by atoms with van der Waals surface area (Å²) in [5, 5.41) is 7.16. The zero-order valence-corrected chi connectivity index (χ0v) is 11.7. The number of nitrogens with one attached hydrogen (secondary N) is 2. The molecule has 2 rings (SSSR count). The largest absolute Gasteiger partial charge is 0.352 e. The van der Waals surface area contributed by atoms with E-state index in [0.717, 1.165) is 5.69 Å². The zero-order valence-electron chi connectivity index (χ0n) is 10.9. The molecule has 2 aromatic rings. The molecule has 0 spiro atoms. The van der Waals surface area contributed by atoms with Crippen LogP contribution in [0.25, 0.3) is 0 Å². The number of rotatable bonds is 5. The Morgan fingerprint density at radius 1 is 1.55 bits per heavy atom. The van der Waals surface area contributed by atoms with Gasteiger partial charge >= 0.3 is 0 Å². The van der Waals surface area contributed by atoms with Crippen molar-refractivity contribution in [2.24, 2.45) is 12.9 Å². The molecule has 2 heterocycles. The summed E-state index contributed by atoms with van der Waals surface area (Å²) in [6, 6.07) is 3.43. The van der Waals surface area contributed by atoms with E-state index >= 15 is 0 Å². The molecule has 0 aromatic carbocycles. The van der Waals surface area contributed by atoms with Crippen LogP contribution < -0.4 is 16.6 Å². The minimum absolute atomic E-state index is 0.231. The molecule has 4 N–H and O–H groups in total. The fourth-order valence-electron chi connectivity index (χ4n) is 1.72. The minimum atomic E-state index is -0.231. The Morgan fingerprint density at radius 3 is 2.95 bits per heavy atom. The number of aryl methyl sites for hydroxylation is 1. The molecular weight excluding hydrogens is 280 g/mol. The van der Waals surface area contributed by atoms with Crippen LogP contribution in [0.5, 0.6) is 0 Å². The third kappa shape index (κ3) is 3.25. The lowest BCUT2D eigenvalue weighted by Crippen LogP contribution is -2.26. The number of carbonyl (C=O) groups excluding carboxylic acids is 1. The molecule has 0 atom stereocenters. The number of halogens is 1. The number of anilines is 1. The van der Waals surface area contributed by atoms with E-state index in [9.17, 15) is 4.79 Å². The fraction of sp³-hybridized carbons (Fsp3) is 0.250. The van der Waals surface area contributed by atoms with Crippen LogP contribution in [0, 0.1) is 0 Å². The number of hydrogen-bond acceptors (Lipinski definition) is 5. The molecule has 0 unspecified atom stereocenters. The summed E-state index contributed by atoms with van der Waals surface area (Å²) in [5.74, 6) is 5.32. The zero-order chi connectivity index (χ0) is 14.5. The highest BCUT2D eigenvalue weighted by Crippen LogP contribution is 2.18. The predicted molar refractivity (Wildman–Crippen MR) is 76.3 cm³/mol. The third-order valence-corrected chi connectivity index (χ3v) is 3.12. The predicted octanol–water partition coefficient (Wildman–Crippen LogP) is 0.727. The van der Waals surface area contributed by atoms with E-state index in [1.807, 2.05) is 13.1 Å². The van der Waals surface area contributed by atoms with E-state index in [2.05, 4.69) is 20.8 Å². The average molecular weight is 295 g/mol. The van der Waals surface area contributed by atoms with E-state index in [0.29, 0.717) is 29.4 Å². The Morgan fingerprint density at radius 2 is 2.35 bits per heavy atom. The lowest BCUT2D eigenvalue weighted by atomic mass is 10.2. The Hall–Kier alpha value is -2.12. The van der Waals surface area contributed by atoms with Crippen LogP contribution in [0.1, 0.15) is 16.1 Å². The highest BCUT2D eigenvalue weighted by Gasteiger charge is 2.09. The monoisotopic (exact) mass is 294 g/mol. The molecule has 106 valence electrons. The number of pyridine rings is 1. The van der Waals surface area contributed by atoms with E-state index < -0.39 is 0 Å². The highest BCUT2D eigenvalue weighted by molar-refractivity contribution is 6.33. The number of carbonyl (C=O) groups is 1. The van der Waals surface area contributed by atoms with Crippen molar-refractivity contribution in [1.29, 1.82) is 0 Å². The van der Waals surface area contributed by atoms with Crippen LogP contribution in [0.2, 0.25) is 5.02 Å². The van der Waals surface area contributed by atoms with Crippen molar-refractivity contribution < 1.29 is 4.79 Å². The van der Waals surface area contributed by atoms with Gasteiger partial charge in [-0.3, -0.25) is 9.48 Å². The second kappa shape index (κ2) is 6.36. The second-order valence-corrected chi connectivity index (χ2v) is 4.56. The van der Waals surface area contributed by atoms with E-state index in [1.165, 1.54) is 12.3 Å². The van der Waals surface area contributed by atoms with Crippen molar-refractivity contribution >= 4 is 23.3 Å². The molecule has 0 aliphatic rings. The number of aromatic nitrogens is 3. The van der Waals surface area contributed by atoms with Gasteiger partial charge in [0.15, 0.2) is 5.82 Å². The Kier molecular flexibility index (Phi) is 4.54. The highest BCUT2D eigenvalue weighted by atomic mass is 35.5. The van der Waals surface area contributed by atoms with Gasteiger partial charge in [-0.2, -0.15) is 5.10 Å². The van der Waals surface area contributed by atoms with Crippen LogP contribution in [-0.4, -0.2) is 27.2 Å². The van der Waals surface area contributed by atoms with Gasteiger partial charge in [0.1, 0.15) is 0 Å². The molecule has 1 amide bonds. The van der Waals surface area contributed by atoms with Crippen molar-refractivity contribution in [2.45, 2.75) is 6.42 Å². The summed E-state index contributed by atoms with van der Waals surface area (Å²) in [5.41, 5.74) is 3.78. The summed E-state index contributed by atoms with van der Waals surface area (Å²) >= 11 is 5.91. The molecule has 20 heavy (non-hydrogen) atoms. The smallest absolute Gasteiger partial charge is 0.252 e. The SMILES string of the molecule is Cn1nccc1CCNC(=O)c1cnc(NN)c(Cl)c1. The molecule has 0 bridgehead atoms. The molecule has 0 saturated heterocycles. The number of hydrazine groups is 1. The summed E-state index contributed by atoms with van der Waals surface area (Å²) in [6.45, 7) is 0.507. The summed E-state index contributed by atoms with van der Waals surface area (Å²) in [7, 11) is 1.86. The quantitative estimate of drug-likeness (QED) is 0.558. The van der Waals surface area contributed by atoms with E-state index in [4.69, 9.17) is 17.4 Å². The summed E-state index contributed by atoms with van der Waals surface area (Å²) < 4.78 is 1.77. The van der Waals surface area contributed by atoms with Gasteiger partial charge in [0.2, 0.25) is 0 Å². The first-order chi connectivity index (χ1) is 9.61. The van der Waals surface area contributed by atoms with Gasteiger partial charge < -0.3 is 10.7 Å². The lowest BCUT2D eigenvalue weighted by Gasteiger charge is -2.07. The number of amides is 1. The van der Waals surface area contributed by atoms with Gasteiger partial charge in [0, 0.05) is 38.1 Å². The molecule has 0 aliphatic heterocycles. The number of nitrogens with zero attached hydrogens (tertiary/aromatic N) is 3. The Labute approximate surface area is 121 Å². The summed E-state index contributed by atoms with van der Waals surface area (Å²) in [6.07, 6.45) is 3.84. The third-order valence-electron chi connectivity index (χ3n) is 2.83. The molecule has 0 radical (unpaired) electrons. The van der Waals surface area contributed by atoms with Gasteiger partial charge in [-0.15, -0.1) is 0 Å². The van der Waals surface area contributed by atoms with Crippen LogP contribution in [0.4, 0.5) is 5.82 Å². The molecule has 8 heteroatoms. The Bertz CT molecular complexity index is 612. The first-order valence-corrected chi connectivity index (χ1v) is 6.37. The first kappa shape index (κ1) is 14.3. The average Bonchev–Trinajstić information content (AvgIpc) is 2.84. The van der Waals surface area contributed by atoms with Gasteiger partial charge in [-0.25, -0.2) is 10.8 Å². The maximum atomic E-state index is 11.9. The minimum Gasteiger partial charge on any atom is -0.352 e. The van der Waals surface area contributed by atoms with E-state index in [-0.39, 0.29) is 5.91 Å². The van der Waals surface area contributed by atoms with Crippen molar-refractivity contribution in [2.75, 3.05) is 12.0 Å². The fourth-order valence-corrected chi connectivity index (χ4v) is 1.94. The maximum Gasteiger partial charge on any atom is 0.252 e. The van der Waals surface area contributed by atoms with Gasteiger partial charge in [0.05, 0.1) is 10.6 Å². The number of hydrogen-bond donors (Lipinski definition) is 3. The summed E-state index contributed by atoms with van der Waals surface area (Å²) in [4.78, 5) is 15.9. The van der Waals surface area contributed by atoms with Crippen LogP contribution in [0.3, 0.4) is 0 Å². The molecule has 0 fully saturated rings. The lowest BCUT2D eigenvalue weighted by molar-refractivity contribution is 0.0953. The van der Waals surface area contributed by atoms with Crippen molar-refractivity contribution in [3.8, 4) is 0 Å². The van der Waals surface area contributed by atoms with Crippen LogP contribution in [-0.2, 0) is 13.5 Å². The van der Waals surface area contributed by atoms with Crippen LogP contribution >= 0.6 is 11.6 Å². The normalized spacial score (nSPS) is 10.3. The van der Waals surface area contributed by atoms with Gasteiger partial charge in [-0.1, -0.05) is 11.6 Å². The number of nitrogen functional groups attached to an aromatic ring is 1. The van der Waals surface area contributed by atoms with E-state index in [1.54, 1.807) is 10.9 Å². The molecule has 0 aliphatic carbocycles. The maximum absolute atomic E-state index is 11.9. The topological polar surface area (TPSA) is 97.9 Å². The van der Waals surface area contributed by atoms with Gasteiger partial charge in [-0.05, 0) is 12.1 Å². The Balaban J connectivity index is 1.92. The van der Waals surface area contributed by atoms with Crippen molar-refractivity contribution in [3.05, 3.63) is 40.8 Å². The molecule has 7 nitrogen and oxygen atoms in total. The molecular formula is C12H15ClN6O. The number of nitrogens with two attached hydrogens (primary N) is 1. The van der Waals surface area contributed by atoms with Crippen molar-refractivity contribution in [3.63, 3.8) is 0 Å². The van der Waals surface area contributed by atoms with Gasteiger partial charge in [0.25, 0.3) is 5.91 Å². The first-order valence-electron chi connectivity index (χ1n) is 5.99.